The van der Waals surface area contributed by atoms with Crippen molar-refractivity contribution in [1.29, 1.82) is 0 Å². The molecule has 32 heavy (non-hydrogen) atoms. The molecule has 0 saturated carbocycles. The summed E-state index contributed by atoms with van der Waals surface area (Å²) in [5, 5.41) is 50.9. The standard InChI is InChI=1S/C22H26N2O8/c1-30-14-7-5-13(6-8-14)9-10-24-12-23-15-3-2-4-16(18(15)24)32-22(29)20(27)19(26)17(11-25)31-21(22)28/h2-8,12,17,19-21,25-29H,9-11H2,1H3/t17-,19-,20+,21?,22+/m1/s1. The topological polar surface area (TPSA) is 147 Å². The Kier molecular flexibility index (Phi) is 6.33. The van der Waals surface area contributed by atoms with E-state index in [2.05, 4.69) is 4.98 Å². The number of aliphatic hydroxyl groups excluding tert-OH is 4. The number of aromatic nitrogens is 2. The minimum absolute atomic E-state index is 0.133. The molecule has 0 aliphatic carbocycles. The summed E-state index contributed by atoms with van der Waals surface area (Å²) in [7, 11) is 1.61. The number of aryl methyl sites for hydroxylation is 2. The molecule has 0 amide bonds. The zero-order chi connectivity index (χ0) is 22.9. The maximum atomic E-state index is 10.9. The van der Waals surface area contributed by atoms with Gasteiger partial charge in [-0.3, -0.25) is 0 Å². The fourth-order valence-electron chi connectivity index (χ4n) is 3.76. The molecule has 10 nitrogen and oxygen atoms in total. The third kappa shape index (κ3) is 4.04. The van der Waals surface area contributed by atoms with Gasteiger partial charge in [0.25, 0.3) is 5.79 Å². The molecule has 4 rings (SSSR count). The van der Waals surface area contributed by atoms with Crippen LogP contribution in [0.3, 0.4) is 0 Å². The number of rotatable bonds is 7. The highest BCUT2D eigenvalue weighted by Gasteiger charge is 2.57. The van der Waals surface area contributed by atoms with Crippen LogP contribution in [0.4, 0.5) is 0 Å². The first kappa shape index (κ1) is 22.5. The lowest BCUT2D eigenvalue weighted by atomic mass is 9.96. The fourth-order valence-corrected chi connectivity index (χ4v) is 3.76. The van der Waals surface area contributed by atoms with Crippen LogP contribution in [0.25, 0.3) is 11.0 Å². The summed E-state index contributed by atoms with van der Waals surface area (Å²) in [6.07, 6.45) is -4.58. The summed E-state index contributed by atoms with van der Waals surface area (Å²) in [4.78, 5) is 4.36. The molecule has 10 heteroatoms. The second-order valence-electron chi connectivity index (χ2n) is 7.66. The first-order valence-corrected chi connectivity index (χ1v) is 10.2. The van der Waals surface area contributed by atoms with Gasteiger partial charge in [0, 0.05) is 6.54 Å². The van der Waals surface area contributed by atoms with Crippen molar-refractivity contribution in [2.24, 2.45) is 0 Å². The molecule has 1 aliphatic rings. The average molecular weight is 446 g/mol. The van der Waals surface area contributed by atoms with Crippen LogP contribution in [0.2, 0.25) is 0 Å². The summed E-state index contributed by atoms with van der Waals surface area (Å²) in [5.74, 6) is -1.76. The minimum Gasteiger partial charge on any atom is -0.497 e. The summed E-state index contributed by atoms with van der Waals surface area (Å²) < 4.78 is 17.7. The maximum Gasteiger partial charge on any atom is 0.288 e. The molecule has 0 radical (unpaired) electrons. The fraction of sp³-hybridized carbons (Fsp3) is 0.409. The van der Waals surface area contributed by atoms with E-state index in [1.165, 1.54) is 0 Å². The Balaban J connectivity index is 1.60. The highest BCUT2D eigenvalue weighted by atomic mass is 16.7. The lowest BCUT2D eigenvalue weighted by Gasteiger charge is -2.45. The number of aliphatic hydroxyl groups is 5. The summed E-state index contributed by atoms with van der Waals surface area (Å²) >= 11 is 0. The highest BCUT2D eigenvalue weighted by molar-refractivity contribution is 5.82. The van der Waals surface area contributed by atoms with Crippen LogP contribution in [0.5, 0.6) is 11.5 Å². The summed E-state index contributed by atoms with van der Waals surface area (Å²) in [5.41, 5.74) is 2.19. The van der Waals surface area contributed by atoms with Crippen molar-refractivity contribution in [1.82, 2.24) is 9.55 Å². The van der Waals surface area contributed by atoms with Gasteiger partial charge in [-0.05, 0) is 36.2 Å². The van der Waals surface area contributed by atoms with Crippen molar-refractivity contribution in [3.8, 4) is 11.5 Å². The third-order valence-corrected chi connectivity index (χ3v) is 5.64. The van der Waals surface area contributed by atoms with Gasteiger partial charge in [0.05, 0.1) is 25.6 Å². The number of hydrogen-bond acceptors (Lipinski definition) is 9. The molecular formula is C22H26N2O8. The van der Waals surface area contributed by atoms with E-state index in [0.29, 0.717) is 24.0 Å². The van der Waals surface area contributed by atoms with E-state index in [1.807, 2.05) is 28.8 Å². The van der Waals surface area contributed by atoms with Gasteiger partial charge in [-0.25, -0.2) is 4.98 Å². The molecule has 1 saturated heterocycles. The van der Waals surface area contributed by atoms with Crippen molar-refractivity contribution < 1.29 is 39.7 Å². The highest BCUT2D eigenvalue weighted by Crippen LogP contribution is 2.35. The van der Waals surface area contributed by atoms with Crippen LogP contribution >= 0.6 is 0 Å². The van der Waals surface area contributed by atoms with Crippen molar-refractivity contribution >= 4 is 11.0 Å². The van der Waals surface area contributed by atoms with Gasteiger partial charge in [0.2, 0.25) is 6.29 Å². The molecule has 1 aromatic heterocycles. The SMILES string of the molecule is COc1ccc(CCn2cnc3cccc(O[C@]4(O)C(O)O[C@H](CO)[C@@H](O)[C@@H]4O)c32)cc1. The summed E-state index contributed by atoms with van der Waals surface area (Å²) in [6, 6.07) is 12.6. The van der Waals surface area contributed by atoms with Gasteiger partial charge in [-0.1, -0.05) is 18.2 Å². The third-order valence-electron chi connectivity index (χ3n) is 5.64. The van der Waals surface area contributed by atoms with Gasteiger partial charge >= 0.3 is 0 Å². The Labute approximate surface area is 183 Å². The molecule has 0 bridgehead atoms. The molecular weight excluding hydrogens is 420 g/mol. The van der Waals surface area contributed by atoms with Gasteiger partial charge in [-0.15, -0.1) is 0 Å². The van der Waals surface area contributed by atoms with E-state index in [4.69, 9.17) is 14.2 Å². The predicted molar refractivity (Wildman–Crippen MR) is 112 cm³/mol. The van der Waals surface area contributed by atoms with E-state index >= 15 is 0 Å². The number of nitrogens with zero attached hydrogens (tertiary/aromatic N) is 2. The Hall–Kier alpha value is -2.73. The van der Waals surface area contributed by atoms with Crippen LogP contribution in [-0.4, -0.2) is 79.2 Å². The van der Waals surface area contributed by atoms with Crippen molar-refractivity contribution in [2.75, 3.05) is 13.7 Å². The largest absolute Gasteiger partial charge is 0.497 e. The molecule has 2 heterocycles. The normalized spacial score (nSPS) is 28.1. The smallest absolute Gasteiger partial charge is 0.288 e. The lowest BCUT2D eigenvalue weighted by Crippen LogP contribution is -2.69. The number of hydrogen-bond donors (Lipinski definition) is 5. The van der Waals surface area contributed by atoms with E-state index in [-0.39, 0.29) is 5.75 Å². The molecule has 1 unspecified atom stereocenters. The van der Waals surface area contributed by atoms with Crippen LogP contribution in [-0.2, 0) is 17.7 Å². The number of fused-ring (bicyclic) bond motifs is 1. The number of ether oxygens (including phenoxy) is 3. The molecule has 3 aromatic rings. The molecule has 172 valence electrons. The van der Waals surface area contributed by atoms with E-state index in [1.54, 1.807) is 31.6 Å². The summed E-state index contributed by atoms with van der Waals surface area (Å²) in [6.45, 7) is -0.114. The molecule has 5 N–H and O–H groups in total. The van der Waals surface area contributed by atoms with E-state index in [0.717, 1.165) is 11.3 Å². The molecule has 2 aromatic carbocycles. The van der Waals surface area contributed by atoms with E-state index < -0.39 is 37.0 Å². The van der Waals surface area contributed by atoms with Gasteiger partial charge in [0.15, 0.2) is 6.10 Å². The molecule has 1 fully saturated rings. The average Bonchev–Trinajstić information content (AvgIpc) is 3.23. The van der Waals surface area contributed by atoms with Crippen molar-refractivity contribution in [3.05, 3.63) is 54.4 Å². The first-order chi connectivity index (χ1) is 15.4. The molecule has 1 aliphatic heterocycles. The Morgan fingerprint density at radius 1 is 1.12 bits per heavy atom. The van der Waals surface area contributed by atoms with Crippen molar-refractivity contribution in [2.45, 2.75) is 43.4 Å². The number of imidazole rings is 1. The maximum absolute atomic E-state index is 10.9. The Bertz CT molecular complexity index is 1060. The second kappa shape index (κ2) is 9.02. The lowest BCUT2D eigenvalue weighted by molar-refractivity contribution is -0.385. The number of benzene rings is 2. The number of methoxy groups -OCH3 is 1. The Morgan fingerprint density at radius 2 is 1.88 bits per heavy atom. The monoisotopic (exact) mass is 446 g/mol. The van der Waals surface area contributed by atoms with Gasteiger partial charge in [0.1, 0.15) is 29.2 Å². The number of para-hydroxylation sites is 1. The van der Waals surface area contributed by atoms with Crippen LogP contribution in [0.15, 0.2) is 48.8 Å². The quantitative estimate of drug-likeness (QED) is 0.311. The zero-order valence-corrected chi connectivity index (χ0v) is 17.4. The van der Waals surface area contributed by atoms with Crippen molar-refractivity contribution in [3.63, 3.8) is 0 Å². The predicted octanol–water partition coefficient (Wildman–Crippen LogP) is -0.214. The van der Waals surface area contributed by atoms with Crippen LogP contribution in [0.1, 0.15) is 5.56 Å². The van der Waals surface area contributed by atoms with Crippen LogP contribution in [0, 0.1) is 0 Å². The molecule has 0 spiro atoms. The zero-order valence-electron chi connectivity index (χ0n) is 17.4. The van der Waals surface area contributed by atoms with E-state index in [9.17, 15) is 25.5 Å². The second-order valence-corrected chi connectivity index (χ2v) is 7.66. The Morgan fingerprint density at radius 3 is 2.56 bits per heavy atom. The van der Waals surface area contributed by atoms with Crippen LogP contribution < -0.4 is 9.47 Å². The van der Waals surface area contributed by atoms with Gasteiger partial charge < -0.3 is 44.3 Å². The minimum atomic E-state index is -2.66. The first-order valence-electron chi connectivity index (χ1n) is 10.2. The van der Waals surface area contributed by atoms with Gasteiger partial charge in [-0.2, -0.15) is 0 Å². The molecule has 5 atom stereocenters.